The van der Waals surface area contributed by atoms with Crippen LogP contribution in [0.4, 0.5) is 5.69 Å². The molecule has 7 heteroatoms. The molecular weight excluding hydrogens is 454 g/mol. The van der Waals surface area contributed by atoms with Gasteiger partial charge < -0.3 is 19.3 Å². The Morgan fingerprint density at radius 1 is 0.944 bits per heavy atom. The molecule has 3 aliphatic heterocycles. The van der Waals surface area contributed by atoms with Crippen molar-refractivity contribution in [3.8, 4) is 5.75 Å². The van der Waals surface area contributed by atoms with E-state index in [4.69, 9.17) is 9.47 Å². The zero-order valence-electron chi connectivity index (χ0n) is 21.3. The number of fused-ring (bicyclic) bond motifs is 1. The molecule has 0 aromatic heterocycles. The highest BCUT2D eigenvalue weighted by Gasteiger charge is 2.26. The van der Waals surface area contributed by atoms with Crippen LogP contribution >= 0.6 is 0 Å². The van der Waals surface area contributed by atoms with Crippen LogP contribution in [0.1, 0.15) is 53.6 Å². The molecule has 2 saturated heterocycles. The summed E-state index contributed by atoms with van der Waals surface area (Å²) in [6.45, 7) is 6.38. The third-order valence-corrected chi connectivity index (χ3v) is 7.76. The fourth-order valence-electron chi connectivity index (χ4n) is 5.62. The SMILES string of the molecule is COC(=O)C1CCN(Cc2ccc3c(c2)CN(C(=O)c2ccc(N4CCCCC4)cc2)CCO3)CC1. The number of methoxy groups -OCH3 is 1. The predicted molar refractivity (Wildman–Crippen MR) is 139 cm³/mol. The number of carbonyl (C=O) groups is 2. The molecule has 1 amide bonds. The Morgan fingerprint density at radius 3 is 2.42 bits per heavy atom. The second-order valence-electron chi connectivity index (χ2n) is 10.2. The highest BCUT2D eigenvalue weighted by atomic mass is 16.5. The molecule has 0 radical (unpaired) electrons. The predicted octanol–water partition coefficient (Wildman–Crippen LogP) is 4.10. The average Bonchev–Trinajstić information content (AvgIpc) is 3.15. The van der Waals surface area contributed by atoms with Gasteiger partial charge in [0.1, 0.15) is 12.4 Å². The standard InChI is InChI=1S/C29H37N3O4/c1-35-29(34)24-11-15-30(16-12-24)20-22-5-10-27-25(19-22)21-32(17-18-36-27)28(33)23-6-8-26(9-7-23)31-13-3-2-4-14-31/h5-10,19,24H,2-4,11-18,20-21H2,1H3. The first kappa shape index (κ1) is 24.6. The maximum absolute atomic E-state index is 13.4. The van der Waals surface area contributed by atoms with E-state index in [1.54, 1.807) is 0 Å². The number of hydrogen-bond donors (Lipinski definition) is 0. The molecule has 7 nitrogen and oxygen atoms in total. The van der Waals surface area contributed by atoms with Gasteiger partial charge in [-0.25, -0.2) is 0 Å². The summed E-state index contributed by atoms with van der Waals surface area (Å²) in [4.78, 5) is 31.9. The van der Waals surface area contributed by atoms with E-state index in [1.807, 2.05) is 23.1 Å². The van der Waals surface area contributed by atoms with Gasteiger partial charge in [0, 0.05) is 43.0 Å². The van der Waals surface area contributed by atoms with Crippen LogP contribution in [0.15, 0.2) is 42.5 Å². The molecular formula is C29H37N3O4. The smallest absolute Gasteiger partial charge is 0.308 e. The summed E-state index contributed by atoms with van der Waals surface area (Å²) in [5.41, 5.74) is 4.18. The highest BCUT2D eigenvalue weighted by molar-refractivity contribution is 5.94. The van der Waals surface area contributed by atoms with Gasteiger partial charge in [0.25, 0.3) is 5.91 Å². The lowest BCUT2D eigenvalue weighted by Gasteiger charge is -2.30. The Morgan fingerprint density at radius 2 is 1.69 bits per heavy atom. The molecule has 2 fully saturated rings. The third kappa shape index (κ3) is 5.67. The molecule has 0 spiro atoms. The van der Waals surface area contributed by atoms with Crippen molar-refractivity contribution >= 4 is 17.6 Å². The second-order valence-corrected chi connectivity index (χ2v) is 10.2. The number of benzene rings is 2. The lowest BCUT2D eigenvalue weighted by molar-refractivity contribution is -0.147. The van der Waals surface area contributed by atoms with Crippen molar-refractivity contribution < 1.29 is 19.1 Å². The van der Waals surface area contributed by atoms with E-state index in [0.29, 0.717) is 19.7 Å². The summed E-state index contributed by atoms with van der Waals surface area (Å²) >= 11 is 0. The maximum atomic E-state index is 13.4. The van der Waals surface area contributed by atoms with Gasteiger partial charge in [0.15, 0.2) is 0 Å². The first-order valence-corrected chi connectivity index (χ1v) is 13.3. The first-order chi connectivity index (χ1) is 17.6. The Bertz CT molecular complexity index is 1060. The van der Waals surface area contributed by atoms with E-state index >= 15 is 0 Å². The van der Waals surface area contributed by atoms with Crippen molar-refractivity contribution in [2.75, 3.05) is 51.3 Å². The van der Waals surface area contributed by atoms with Gasteiger partial charge in [-0.05, 0) is 87.2 Å². The monoisotopic (exact) mass is 491 g/mol. The van der Waals surface area contributed by atoms with Crippen LogP contribution in [-0.2, 0) is 22.6 Å². The molecule has 36 heavy (non-hydrogen) atoms. The lowest BCUT2D eigenvalue weighted by Crippen LogP contribution is -2.36. The minimum Gasteiger partial charge on any atom is -0.491 e. The van der Waals surface area contributed by atoms with Crippen LogP contribution in [-0.4, -0.2) is 68.1 Å². The molecule has 2 aromatic rings. The Kier molecular flexibility index (Phi) is 7.75. The largest absolute Gasteiger partial charge is 0.491 e. The van der Waals surface area contributed by atoms with E-state index in [-0.39, 0.29) is 17.8 Å². The minimum absolute atomic E-state index is 0.0141. The molecule has 2 aromatic carbocycles. The van der Waals surface area contributed by atoms with Gasteiger partial charge >= 0.3 is 5.97 Å². The molecule has 5 rings (SSSR count). The Balaban J connectivity index is 1.22. The molecule has 3 heterocycles. The summed E-state index contributed by atoms with van der Waals surface area (Å²) in [6.07, 6.45) is 5.45. The summed E-state index contributed by atoms with van der Waals surface area (Å²) in [5, 5.41) is 0. The fraction of sp³-hybridized carbons (Fsp3) is 0.517. The minimum atomic E-state index is -0.0947. The number of anilines is 1. The first-order valence-electron chi connectivity index (χ1n) is 13.3. The number of esters is 1. The zero-order valence-corrected chi connectivity index (χ0v) is 21.3. The number of amides is 1. The van der Waals surface area contributed by atoms with Gasteiger partial charge in [-0.15, -0.1) is 0 Å². The number of hydrogen-bond acceptors (Lipinski definition) is 6. The average molecular weight is 492 g/mol. The van der Waals surface area contributed by atoms with Gasteiger partial charge in [0.05, 0.1) is 19.6 Å². The van der Waals surface area contributed by atoms with E-state index in [1.165, 1.54) is 37.6 Å². The summed E-state index contributed by atoms with van der Waals surface area (Å²) in [5.74, 6) is 0.828. The molecule has 0 atom stereocenters. The molecule has 0 saturated carbocycles. The van der Waals surface area contributed by atoms with Gasteiger partial charge in [-0.2, -0.15) is 0 Å². The normalized spacial score (nSPS) is 19.2. The topological polar surface area (TPSA) is 62.3 Å². The molecule has 0 unspecified atom stereocenters. The summed E-state index contributed by atoms with van der Waals surface area (Å²) in [6, 6.07) is 14.4. The third-order valence-electron chi connectivity index (χ3n) is 7.76. The van der Waals surface area contributed by atoms with Crippen LogP contribution in [0, 0.1) is 5.92 Å². The second kappa shape index (κ2) is 11.3. The molecule has 0 N–H and O–H groups in total. The molecule has 0 bridgehead atoms. The fourth-order valence-corrected chi connectivity index (χ4v) is 5.62. The number of nitrogens with zero attached hydrogens (tertiary/aromatic N) is 3. The quantitative estimate of drug-likeness (QED) is 0.587. The zero-order chi connectivity index (χ0) is 24.9. The van der Waals surface area contributed by atoms with E-state index < -0.39 is 0 Å². The molecule has 0 aliphatic carbocycles. The van der Waals surface area contributed by atoms with Crippen LogP contribution in [0.3, 0.4) is 0 Å². The van der Waals surface area contributed by atoms with Crippen molar-refractivity contribution in [2.45, 2.75) is 45.2 Å². The van der Waals surface area contributed by atoms with E-state index in [0.717, 1.165) is 62.4 Å². The van der Waals surface area contributed by atoms with Crippen LogP contribution < -0.4 is 9.64 Å². The van der Waals surface area contributed by atoms with Crippen molar-refractivity contribution in [3.63, 3.8) is 0 Å². The van der Waals surface area contributed by atoms with Crippen molar-refractivity contribution in [1.29, 1.82) is 0 Å². The van der Waals surface area contributed by atoms with Gasteiger partial charge in [0.2, 0.25) is 0 Å². The van der Waals surface area contributed by atoms with E-state index in [2.05, 4.69) is 34.1 Å². The molecule has 192 valence electrons. The van der Waals surface area contributed by atoms with Crippen LogP contribution in [0.2, 0.25) is 0 Å². The molecule has 3 aliphatic rings. The number of piperidine rings is 2. The van der Waals surface area contributed by atoms with Gasteiger partial charge in [-0.1, -0.05) is 6.07 Å². The van der Waals surface area contributed by atoms with Crippen molar-refractivity contribution in [2.24, 2.45) is 5.92 Å². The number of rotatable bonds is 5. The Labute approximate surface area is 214 Å². The van der Waals surface area contributed by atoms with Gasteiger partial charge in [-0.3, -0.25) is 14.5 Å². The van der Waals surface area contributed by atoms with Crippen molar-refractivity contribution in [3.05, 3.63) is 59.2 Å². The van der Waals surface area contributed by atoms with E-state index in [9.17, 15) is 9.59 Å². The number of ether oxygens (including phenoxy) is 2. The maximum Gasteiger partial charge on any atom is 0.308 e. The van der Waals surface area contributed by atoms with Crippen LogP contribution in [0.25, 0.3) is 0 Å². The Hall–Kier alpha value is -3.06. The summed E-state index contributed by atoms with van der Waals surface area (Å²) < 4.78 is 10.9. The lowest BCUT2D eigenvalue weighted by atomic mass is 9.96. The number of carbonyl (C=O) groups excluding carboxylic acids is 2. The summed E-state index contributed by atoms with van der Waals surface area (Å²) in [7, 11) is 1.46. The highest BCUT2D eigenvalue weighted by Crippen LogP contribution is 2.28. The van der Waals surface area contributed by atoms with Crippen molar-refractivity contribution in [1.82, 2.24) is 9.80 Å². The number of likely N-dealkylation sites (tertiary alicyclic amines) is 1. The van der Waals surface area contributed by atoms with Crippen LogP contribution in [0.5, 0.6) is 5.75 Å².